The van der Waals surface area contributed by atoms with Gasteiger partial charge in [0.2, 0.25) is 0 Å². The van der Waals surface area contributed by atoms with Crippen molar-refractivity contribution < 1.29 is 0 Å². The minimum atomic E-state index is 0. The molecule has 0 aliphatic heterocycles. The van der Waals surface area contributed by atoms with Gasteiger partial charge in [0.25, 0.3) is 0 Å². The van der Waals surface area contributed by atoms with E-state index in [-0.39, 0.29) is 69.6 Å². The van der Waals surface area contributed by atoms with Crippen LogP contribution in [-0.2, 0) is 0 Å². The molecular weight excluding hydrogens is 201 g/mol. The quantitative estimate of drug-likeness (QED) is 0.356. The van der Waals surface area contributed by atoms with Crippen molar-refractivity contribution in [3.8, 4) is 0 Å². The molecule has 4 heteroatoms. The molecule has 0 saturated heterocycles. The van der Waals surface area contributed by atoms with Crippen LogP contribution < -0.4 is 0 Å². The Hall–Kier alpha value is 2.08. The van der Waals surface area contributed by atoms with Crippen molar-refractivity contribution in [2.45, 2.75) is 0 Å². The van der Waals surface area contributed by atoms with E-state index < -0.39 is 0 Å². The topological polar surface area (TPSA) is 0 Å². The van der Waals surface area contributed by atoms with E-state index in [4.69, 9.17) is 0 Å². The Balaban J connectivity index is 0. The minimum absolute atomic E-state index is 0. The summed E-state index contributed by atoms with van der Waals surface area (Å²) in [6, 6.07) is 0. The molecule has 0 aliphatic carbocycles. The Kier molecular flexibility index (Phi) is 177. The van der Waals surface area contributed by atoms with Crippen molar-refractivity contribution >= 4 is 69.6 Å². The third kappa shape index (κ3) is 8.95. The molecule has 0 heterocycles. The summed E-state index contributed by atoms with van der Waals surface area (Å²) in [4.78, 5) is 0. The van der Waals surface area contributed by atoms with Gasteiger partial charge in [0.1, 0.15) is 17.4 Å². The Morgan fingerprint density at radius 1 is 1.00 bits per heavy atom. The number of rotatable bonds is 0. The van der Waals surface area contributed by atoms with E-state index in [0.29, 0.717) is 0 Å². The summed E-state index contributed by atoms with van der Waals surface area (Å²) in [5.74, 6) is 0. The van der Waals surface area contributed by atoms with Crippen LogP contribution >= 0.6 is 0 Å². The van der Waals surface area contributed by atoms with Gasteiger partial charge in [0.15, 0.2) is 17.4 Å². The van der Waals surface area contributed by atoms with E-state index in [2.05, 4.69) is 0 Å². The van der Waals surface area contributed by atoms with Crippen LogP contribution in [-0.4, -0.2) is 69.6 Å². The van der Waals surface area contributed by atoms with Gasteiger partial charge in [-0.25, -0.2) is 0 Å². The molecular formula is H10Al2SiSn. The van der Waals surface area contributed by atoms with Gasteiger partial charge in [-0.15, -0.1) is 0 Å². The molecule has 4 heavy (non-hydrogen) atoms. The molecule has 0 aromatic heterocycles. The maximum absolute atomic E-state index is 0. The summed E-state index contributed by atoms with van der Waals surface area (Å²) in [6.45, 7) is 0. The normalized spacial score (nSPS) is 0. The van der Waals surface area contributed by atoms with Crippen LogP contribution in [0.1, 0.15) is 0 Å². The van der Waals surface area contributed by atoms with E-state index in [9.17, 15) is 0 Å². The molecule has 0 N–H and O–H groups in total. The monoisotopic (exact) mass is 212 g/mol. The van der Waals surface area contributed by atoms with Crippen LogP contribution in [0.4, 0.5) is 0 Å². The molecule has 0 aromatic rings. The molecule has 0 rings (SSSR count). The Morgan fingerprint density at radius 2 is 1.00 bits per heavy atom. The average molecular weight is 211 g/mol. The van der Waals surface area contributed by atoms with Crippen LogP contribution in [0.15, 0.2) is 0 Å². The van der Waals surface area contributed by atoms with Gasteiger partial charge in [0, 0.05) is 0 Å². The Labute approximate surface area is 69.0 Å². The molecule has 0 aromatic carbocycles. The predicted molar refractivity (Wildman–Crippen MR) is 37.0 cm³/mol. The van der Waals surface area contributed by atoms with Gasteiger partial charge in [-0.05, 0) is 11.0 Å². The molecule has 0 unspecified atom stereocenters. The van der Waals surface area contributed by atoms with Gasteiger partial charge in [-0.2, -0.15) is 0 Å². The van der Waals surface area contributed by atoms with Crippen molar-refractivity contribution in [3.05, 3.63) is 0 Å². The van der Waals surface area contributed by atoms with Crippen molar-refractivity contribution in [1.29, 1.82) is 0 Å². The van der Waals surface area contributed by atoms with Crippen molar-refractivity contribution in [2.24, 2.45) is 0 Å². The van der Waals surface area contributed by atoms with Crippen LogP contribution in [0.5, 0.6) is 0 Å². The summed E-state index contributed by atoms with van der Waals surface area (Å²) >= 11 is 0. The maximum atomic E-state index is 0. The van der Waals surface area contributed by atoms with Gasteiger partial charge in [-0.1, -0.05) is 0 Å². The fourth-order valence-electron chi connectivity index (χ4n) is 0. The second-order valence-corrected chi connectivity index (χ2v) is 0. The molecule has 4 radical (unpaired) electrons. The van der Waals surface area contributed by atoms with Gasteiger partial charge >= 0.3 is 23.9 Å². The molecule has 0 spiro atoms. The molecule has 0 amide bonds. The van der Waals surface area contributed by atoms with Crippen molar-refractivity contribution in [2.75, 3.05) is 0 Å². The molecule has 0 fully saturated rings. The van der Waals surface area contributed by atoms with Crippen LogP contribution in [0.2, 0.25) is 0 Å². The zero-order valence-electron chi connectivity index (χ0n) is 2.71. The molecule has 0 saturated carbocycles. The van der Waals surface area contributed by atoms with Crippen LogP contribution in [0, 0.1) is 0 Å². The summed E-state index contributed by atoms with van der Waals surface area (Å²) in [6.07, 6.45) is 0. The summed E-state index contributed by atoms with van der Waals surface area (Å²) < 4.78 is 0. The van der Waals surface area contributed by atoms with E-state index in [1.54, 1.807) is 0 Å². The zero-order chi connectivity index (χ0) is 0. The van der Waals surface area contributed by atoms with E-state index in [1.165, 1.54) is 0 Å². The van der Waals surface area contributed by atoms with E-state index in [0.717, 1.165) is 0 Å². The number of hydrogen-bond donors (Lipinski definition) is 0. The predicted octanol–water partition coefficient (Wildman–Crippen LogP) is -4.20. The fourth-order valence-corrected chi connectivity index (χ4v) is 0. The zero-order valence-corrected chi connectivity index (χ0v) is 10.7. The van der Waals surface area contributed by atoms with Crippen molar-refractivity contribution in [1.82, 2.24) is 0 Å². The fraction of sp³-hybridized carbons (Fsp3) is 0. The van der Waals surface area contributed by atoms with E-state index in [1.807, 2.05) is 0 Å². The first-order valence-corrected chi connectivity index (χ1v) is 0. The SMILES string of the molecule is [AlH2].[AlH3].[SiH3].[SnH2]. The Morgan fingerprint density at radius 3 is 1.00 bits per heavy atom. The first kappa shape index (κ1) is 36.3. The van der Waals surface area contributed by atoms with Crippen LogP contribution in [0.3, 0.4) is 0 Å². The Bertz CT molecular complexity index is 6.00. The van der Waals surface area contributed by atoms with Gasteiger partial charge < -0.3 is 0 Å². The molecule has 0 aliphatic rings. The average Bonchev–Trinajstić information content (AvgIpc) is 0. The molecule has 0 bridgehead atoms. The second-order valence-electron chi connectivity index (χ2n) is 0. The second kappa shape index (κ2) is 19.5. The molecule has 24 valence electrons. The third-order valence-electron chi connectivity index (χ3n) is 0. The summed E-state index contributed by atoms with van der Waals surface area (Å²) in [5.41, 5.74) is 0. The third-order valence-corrected chi connectivity index (χ3v) is 0. The van der Waals surface area contributed by atoms with E-state index >= 15 is 0 Å². The molecule has 0 atom stereocenters. The number of hydrogen-bond acceptors (Lipinski definition) is 0. The first-order chi connectivity index (χ1) is 0. The summed E-state index contributed by atoms with van der Waals surface area (Å²) in [5, 5.41) is 0. The van der Waals surface area contributed by atoms with Crippen molar-refractivity contribution in [3.63, 3.8) is 0 Å². The van der Waals surface area contributed by atoms with Gasteiger partial charge in [0.05, 0.1) is 0 Å². The van der Waals surface area contributed by atoms with Crippen LogP contribution in [0.25, 0.3) is 0 Å². The summed E-state index contributed by atoms with van der Waals surface area (Å²) in [7, 11) is 0. The first-order valence-electron chi connectivity index (χ1n) is 0. The van der Waals surface area contributed by atoms with Gasteiger partial charge in [-0.3, -0.25) is 0 Å². The standard InChI is InChI=1S/2Al.H3Si.Sn.7H/h;;1H3;;;;;;;;. The molecule has 0 nitrogen and oxygen atoms in total.